The molecule has 1 aromatic heterocycles. The van der Waals surface area contributed by atoms with Crippen molar-refractivity contribution in [1.82, 2.24) is 9.55 Å². The molecule has 1 saturated carbocycles. The lowest BCUT2D eigenvalue weighted by molar-refractivity contribution is 0.283. The van der Waals surface area contributed by atoms with Gasteiger partial charge in [-0.3, -0.25) is 9.36 Å². The van der Waals surface area contributed by atoms with E-state index in [1.807, 2.05) is 11.5 Å². The van der Waals surface area contributed by atoms with E-state index in [1.165, 1.54) is 25.7 Å². The third-order valence-electron chi connectivity index (χ3n) is 3.65. The van der Waals surface area contributed by atoms with Crippen LogP contribution in [0, 0.1) is 15.9 Å². The summed E-state index contributed by atoms with van der Waals surface area (Å²) in [5.41, 5.74) is 0.353. The molecule has 0 saturated heterocycles. The molecule has 1 fully saturated rings. The number of hydrogen-bond donors (Lipinski definition) is 0. The Morgan fingerprint density at radius 3 is 2.76 bits per heavy atom. The van der Waals surface area contributed by atoms with Crippen LogP contribution in [0.2, 0.25) is 0 Å². The molecule has 1 aliphatic carbocycles. The molecule has 0 aliphatic heterocycles. The molecule has 0 aromatic carbocycles. The van der Waals surface area contributed by atoms with E-state index in [-0.39, 0.29) is 11.0 Å². The van der Waals surface area contributed by atoms with Gasteiger partial charge >= 0.3 is 0 Å². The van der Waals surface area contributed by atoms with Crippen LogP contribution < -0.4 is 5.56 Å². The largest absolute Gasteiger partial charge is 0.295 e. The summed E-state index contributed by atoms with van der Waals surface area (Å²) in [4.78, 5) is 16.4. The van der Waals surface area contributed by atoms with Crippen LogP contribution in [0.25, 0.3) is 0 Å². The van der Waals surface area contributed by atoms with Crippen LogP contribution >= 0.6 is 38.5 Å². The van der Waals surface area contributed by atoms with E-state index in [4.69, 9.17) is 0 Å². The molecule has 1 aliphatic rings. The molecule has 0 spiro atoms. The van der Waals surface area contributed by atoms with Crippen LogP contribution in [0.5, 0.6) is 0 Å². The number of nitrogens with zero attached hydrogens (tertiary/aromatic N) is 2. The van der Waals surface area contributed by atoms with Gasteiger partial charge in [0.2, 0.25) is 0 Å². The number of halogens is 2. The van der Waals surface area contributed by atoms with Crippen molar-refractivity contribution in [2.24, 2.45) is 5.41 Å². The van der Waals surface area contributed by atoms with E-state index in [0.717, 1.165) is 17.7 Å². The highest BCUT2D eigenvalue weighted by molar-refractivity contribution is 14.1. The van der Waals surface area contributed by atoms with Crippen LogP contribution in [-0.2, 0) is 6.54 Å². The van der Waals surface area contributed by atoms with Crippen molar-refractivity contribution < 1.29 is 0 Å². The summed E-state index contributed by atoms with van der Waals surface area (Å²) in [7, 11) is 0. The highest BCUT2D eigenvalue weighted by atomic mass is 127. The van der Waals surface area contributed by atoms with Gasteiger partial charge in [0, 0.05) is 18.1 Å². The third kappa shape index (κ3) is 2.75. The normalized spacial score (nSPS) is 18.5. The second-order valence-electron chi connectivity index (χ2n) is 4.89. The number of hydrogen-bond acceptors (Lipinski definition) is 2. The summed E-state index contributed by atoms with van der Waals surface area (Å²) in [6.45, 7) is 2.71. The summed E-state index contributed by atoms with van der Waals surface area (Å²) < 4.78 is 2.55. The Bertz CT molecular complexity index is 466. The Labute approximate surface area is 123 Å². The van der Waals surface area contributed by atoms with Crippen LogP contribution in [0.15, 0.2) is 11.0 Å². The Kier molecular flexibility index (Phi) is 4.28. The van der Waals surface area contributed by atoms with Gasteiger partial charge < -0.3 is 0 Å². The fourth-order valence-corrected chi connectivity index (χ4v) is 3.70. The maximum Gasteiger partial charge on any atom is 0.266 e. The zero-order chi connectivity index (χ0) is 12.5. The van der Waals surface area contributed by atoms with Gasteiger partial charge in [-0.2, -0.15) is 0 Å². The highest BCUT2D eigenvalue weighted by Gasteiger charge is 2.33. The molecule has 0 atom stereocenters. The van der Waals surface area contributed by atoms with Gasteiger partial charge in [0.1, 0.15) is 5.82 Å². The van der Waals surface area contributed by atoms with Crippen molar-refractivity contribution in [3.8, 4) is 0 Å². The molecule has 5 heteroatoms. The van der Waals surface area contributed by atoms with Crippen LogP contribution in [-0.4, -0.2) is 14.9 Å². The summed E-state index contributed by atoms with van der Waals surface area (Å²) in [5, 5.41) is 0.970. The molecule has 0 unspecified atom stereocenters. The molecule has 0 N–H and O–H groups in total. The maximum absolute atomic E-state index is 12.1. The van der Waals surface area contributed by atoms with Gasteiger partial charge in [0.25, 0.3) is 5.56 Å². The number of aromatic nitrogens is 2. The molecule has 1 aromatic rings. The van der Waals surface area contributed by atoms with Crippen molar-refractivity contribution in [3.63, 3.8) is 0 Å². The minimum absolute atomic E-state index is 0.102. The number of rotatable bonds is 3. The average Bonchev–Trinajstić information content (AvgIpc) is 2.79. The number of aryl methyl sites for hydroxylation is 1. The minimum Gasteiger partial charge on any atom is -0.295 e. The van der Waals surface area contributed by atoms with Gasteiger partial charge in [-0.05, 0) is 47.8 Å². The summed E-state index contributed by atoms with van der Waals surface area (Å²) >= 11 is 5.68. The Morgan fingerprint density at radius 2 is 2.18 bits per heavy atom. The van der Waals surface area contributed by atoms with Crippen molar-refractivity contribution in [3.05, 3.63) is 25.9 Å². The fraction of sp³-hybridized carbons (Fsp3) is 0.667. The highest BCUT2D eigenvalue weighted by Crippen LogP contribution is 2.40. The number of alkyl halides is 1. The van der Waals surface area contributed by atoms with Crippen LogP contribution in [0.4, 0.5) is 0 Å². The Morgan fingerprint density at radius 1 is 1.53 bits per heavy atom. The van der Waals surface area contributed by atoms with Gasteiger partial charge in [-0.15, -0.1) is 0 Å². The van der Waals surface area contributed by atoms with E-state index in [2.05, 4.69) is 43.5 Å². The molecule has 2 rings (SSSR count). The fourth-order valence-electron chi connectivity index (χ4n) is 2.53. The van der Waals surface area contributed by atoms with E-state index in [1.54, 1.807) is 6.20 Å². The lowest BCUT2D eigenvalue weighted by Crippen LogP contribution is -2.34. The summed E-state index contributed by atoms with van der Waals surface area (Å²) in [6, 6.07) is 0. The zero-order valence-electron chi connectivity index (χ0n) is 9.88. The topological polar surface area (TPSA) is 34.9 Å². The van der Waals surface area contributed by atoms with E-state index >= 15 is 0 Å². The monoisotopic (exact) mass is 410 g/mol. The van der Waals surface area contributed by atoms with E-state index < -0.39 is 0 Å². The summed E-state index contributed by atoms with van der Waals surface area (Å²) in [6.07, 6.45) is 6.61. The van der Waals surface area contributed by atoms with Gasteiger partial charge in [0.15, 0.2) is 0 Å². The first-order valence-corrected chi connectivity index (χ1v) is 8.06. The Hall–Kier alpha value is 0.0900. The lowest BCUT2D eigenvalue weighted by Gasteiger charge is -2.28. The molecule has 17 heavy (non-hydrogen) atoms. The molecule has 94 valence electrons. The predicted octanol–water partition coefficient (Wildman–Crippen LogP) is 3.11. The quantitative estimate of drug-likeness (QED) is 0.566. The standard InChI is InChI=1S/C12H16BrIN2O/c1-9-15-6-10(14)11(17)16(9)8-12(7-13)4-2-3-5-12/h6H,2-5,7-8H2,1H3. The first-order chi connectivity index (χ1) is 8.08. The molecule has 0 amide bonds. The van der Waals surface area contributed by atoms with Crippen molar-refractivity contribution >= 4 is 38.5 Å². The second kappa shape index (κ2) is 5.38. The smallest absolute Gasteiger partial charge is 0.266 e. The van der Waals surface area contributed by atoms with Crippen molar-refractivity contribution in [2.45, 2.75) is 39.2 Å². The molecule has 1 heterocycles. The van der Waals surface area contributed by atoms with Crippen LogP contribution in [0.3, 0.4) is 0 Å². The van der Waals surface area contributed by atoms with Gasteiger partial charge in [-0.1, -0.05) is 28.8 Å². The van der Waals surface area contributed by atoms with Gasteiger partial charge in [-0.25, -0.2) is 4.98 Å². The molecule has 0 bridgehead atoms. The third-order valence-corrected chi connectivity index (χ3v) is 5.58. The molecular formula is C12H16BrIN2O. The van der Waals surface area contributed by atoms with Gasteiger partial charge in [0.05, 0.1) is 3.57 Å². The van der Waals surface area contributed by atoms with Crippen LogP contribution in [0.1, 0.15) is 31.5 Å². The van der Waals surface area contributed by atoms with Crippen molar-refractivity contribution in [2.75, 3.05) is 5.33 Å². The second-order valence-corrected chi connectivity index (χ2v) is 6.61. The zero-order valence-corrected chi connectivity index (χ0v) is 13.6. The first kappa shape index (κ1) is 13.5. The van der Waals surface area contributed by atoms with E-state index in [9.17, 15) is 4.79 Å². The predicted molar refractivity (Wildman–Crippen MR) is 80.6 cm³/mol. The lowest BCUT2D eigenvalue weighted by atomic mass is 9.88. The first-order valence-electron chi connectivity index (χ1n) is 5.86. The SMILES string of the molecule is Cc1ncc(I)c(=O)n1CC1(CBr)CCCC1. The Balaban J connectivity index is 2.35. The molecule has 0 radical (unpaired) electrons. The van der Waals surface area contributed by atoms with E-state index in [0.29, 0.717) is 3.57 Å². The molecule has 3 nitrogen and oxygen atoms in total. The average molecular weight is 411 g/mol. The summed E-state index contributed by atoms with van der Waals surface area (Å²) in [5.74, 6) is 0.822. The maximum atomic E-state index is 12.1. The van der Waals surface area contributed by atoms with Crippen molar-refractivity contribution in [1.29, 1.82) is 0 Å². The minimum atomic E-state index is 0.102. The molecular weight excluding hydrogens is 395 g/mol.